The van der Waals surface area contributed by atoms with Crippen molar-refractivity contribution in [2.24, 2.45) is 0 Å². The standard InChI is InChI=1S/C53H34N4/c1-3-15-34(16-4-1)35-29-31-37(32-30-35)51-54-50(36-17-5-2-6-18-36)55-52(56-51)38-19-13-20-39(33-38)57-46-27-12-11-26-45(46)53-43-24-9-7-21-40(43)48(41-22-8-10-25-44(41)53)42-23-14-28-47(57)49(42)53/h1-33,48H/i11D,12D,26D,27D. The van der Waals surface area contributed by atoms with Gasteiger partial charge in [0.15, 0.2) is 17.5 Å². The Morgan fingerprint density at radius 2 is 0.930 bits per heavy atom. The number of hydrogen-bond donors (Lipinski definition) is 0. The van der Waals surface area contributed by atoms with Gasteiger partial charge in [-0.15, -0.1) is 0 Å². The maximum absolute atomic E-state index is 9.77. The van der Waals surface area contributed by atoms with Crippen LogP contribution in [0.3, 0.4) is 0 Å². The van der Waals surface area contributed by atoms with Crippen LogP contribution < -0.4 is 4.90 Å². The summed E-state index contributed by atoms with van der Waals surface area (Å²) in [6, 6.07) is 59.0. The molecule has 0 N–H and O–H groups in total. The fourth-order valence-corrected chi connectivity index (χ4v) is 9.60. The number of para-hydroxylation sites is 1. The highest BCUT2D eigenvalue weighted by Gasteiger charge is 2.57. The van der Waals surface area contributed by atoms with Gasteiger partial charge in [0.05, 0.1) is 22.3 Å². The highest BCUT2D eigenvalue weighted by atomic mass is 15.2. The first-order chi connectivity index (χ1) is 29.9. The molecule has 0 fully saturated rings. The number of hydrogen-bond acceptors (Lipinski definition) is 4. The normalized spacial score (nSPS) is 17.6. The molecular formula is C53H34N4. The predicted molar refractivity (Wildman–Crippen MR) is 229 cm³/mol. The molecule has 57 heavy (non-hydrogen) atoms. The number of nitrogens with zero attached hydrogens (tertiary/aromatic N) is 4. The molecule has 0 radical (unpaired) electrons. The average molecular weight is 731 g/mol. The van der Waals surface area contributed by atoms with E-state index in [-0.39, 0.29) is 30.1 Å². The van der Waals surface area contributed by atoms with Crippen LogP contribution in [0, 0.1) is 0 Å². The first-order valence-electron chi connectivity index (χ1n) is 21.2. The van der Waals surface area contributed by atoms with E-state index >= 15 is 0 Å². The second kappa shape index (κ2) is 12.3. The summed E-state index contributed by atoms with van der Waals surface area (Å²) in [7, 11) is 0. The number of anilines is 3. The van der Waals surface area contributed by atoms with E-state index < -0.39 is 5.41 Å². The van der Waals surface area contributed by atoms with Crippen LogP contribution in [0.5, 0.6) is 0 Å². The quantitative estimate of drug-likeness (QED) is 0.177. The highest BCUT2D eigenvalue weighted by molar-refractivity contribution is 5.94. The Bertz CT molecular complexity index is 3210. The Balaban J connectivity index is 1.08. The average Bonchev–Trinajstić information content (AvgIpc) is 3.33. The van der Waals surface area contributed by atoms with E-state index in [1.54, 1.807) is 0 Å². The van der Waals surface area contributed by atoms with E-state index in [2.05, 4.69) is 78.9 Å². The first kappa shape index (κ1) is 28.0. The molecule has 1 aliphatic heterocycles. The molecule has 4 nitrogen and oxygen atoms in total. The van der Waals surface area contributed by atoms with E-state index in [0.29, 0.717) is 28.7 Å². The minimum atomic E-state index is -0.975. The monoisotopic (exact) mass is 730 g/mol. The van der Waals surface area contributed by atoms with Crippen molar-refractivity contribution in [1.29, 1.82) is 0 Å². The van der Waals surface area contributed by atoms with Crippen LogP contribution in [0.4, 0.5) is 17.1 Å². The van der Waals surface area contributed by atoms with Gasteiger partial charge in [-0.2, -0.15) is 0 Å². The molecule has 3 aliphatic carbocycles. The third-order valence-electron chi connectivity index (χ3n) is 11.9. The zero-order valence-electron chi connectivity index (χ0n) is 34.6. The molecule has 4 heteroatoms. The van der Waals surface area contributed by atoms with E-state index in [1.165, 1.54) is 0 Å². The van der Waals surface area contributed by atoms with Crippen LogP contribution in [0.25, 0.3) is 45.3 Å². The molecule has 0 amide bonds. The molecule has 8 aromatic carbocycles. The van der Waals surface area contributed by atoms with Gasteiger partial charge in [0.25, 0.3) is 0 Å². The van der Waals surface area contributed by atoms with Crippen molar-refractivity contribution in [1.82, 2.24) is 15.0 Å². The molecule has 4 aliphatic rings. The number of rotatable bonds is 5. The maximum atomic E-state index is 9.77. The SMILES string of the molecule is [2H]c1c([2H])c([2H])c2c(c1[2H])N(c1cccc(-c3nc(-c4ccccc4)nc(-c4ccc(-c5ccccc5)cc4)n3)c1)c1cccc3c1C21c2ccccc2C3c2ccccc21. The fraction of sp³-hybridized carbons (Fsp3) is 0.0377. The smallest absolute Gasteiger partial charge is 0.164 e. The van der Waals surface area contributed by atoms with E-state index in [9.17, 15) is 2.74 Å². The first-order valence-corrected chi connectivity index (χ1v) is 19.2. The molecule has 2 heterocycles. The van der Waals surface area contributed by atoms with E-state index in [4.69, 9.17) is 17.7 Å². The van der Waals surface area contributed by atoms with Crippen LogP contribution in [0.1, 0.15) is 50.3 Å². The zero-order valence-corrected chi connectivity index (χ0v) is 30.6. The molecule has 9 aromatic rings. The van der Waals surface area contributed by atoms with Gasteiger partial charge in [0.1, 0.15) is 0 Å². The second-order valence-electron chi connectivity index (χ2n) is 14.8. The Morgan fingerprint density at radius 3 is 1.63 bits per heavy atom. The van der Waals surface area contributed by atoms with Crippen molar-refractivity contribution in [3.05, 3.63) is 239 Å². The molecular weight excluding hydrogens is 693 g/mol. The number of aromatic nitrogens is 3. The molecule has 0 unspecified atom stereocenters. The van der Waals surface area contributed by atoms with Gasteiger partial charge < -0.3 is 4.90 Å². The van der Waals surface area contributed by atoms with E-state index in [1.807, 2.05) is 102 Å². The number of fused-ring (bicyclic) bond motifs is 1. The molecule has 13 rings (SSSR count). The third kappa shape index (κ3) is 4.59. The van der Waals surface area contributed by atoms with Crippen molar-refractivity contribution >= 4 is 17.1 Å². The lowest BCUT2D eigenvalue weighted by molar-refractivity contribution is 0.622. The summed E-state index contributed by atoms with van der Waals surface area (Å²) in [5, 5.41) is 0. The molecule has 0 saturated carbocycles. The van der Waals surface area contributed by atoms with Gasteiger partial charge in [-0.25, -0.2) is 15.0 Å². The second-order valence-corrected chi connectivity index (χ2v) is 14.8. The molecule has 1 spiro atoms. The lowest BCUT2D eigenvalue weighted by atomic mass is 9.49. The predicted octanol–water partition coefficient (Wildman–Crippen LogP) is 12.5. The lowest BCUT2D eigenvalue weighted by Crippen LogP contribution is -2.46. The largest absolute Gasteiger partial charge is 0.310 e. The summed E-state index contributed by atoms with van der Waals surface area (Å²) in [5.74, 6) is 1.54. The van der Waals surface area contributed by atoms with Gasteiger partial charge in [0, 0.05) is 28.3 Å². The van der Waals surface area contributed by atoms with Crippen molar-refractivity contribution in [3.63, 3.8) is 0 Å². The minimum absolute atomic E-state index is 0.0312. The topological polar surface area (TPSA) is 41.9 Å². The summed E-state index contributed by atoms with van der Waals surface area (Å²) in [6.07, 6.45) is 0. The van der Waals surface area contributed by atoms with Gasteiger partial charge in [-0.3, -0.25) is 0 Å². The lowest BCUT2D eigenvalue weighted by Gasteiger charge is -2.55. The molecule has 1 aromatic heterocycles. The minimum Gasteiger partial charge on any atom is -0.310 e. The molecule has 2 bridgehead atoms. The maximum Gasteiger partial charge on any atom is 0.164 e. The zero-order chi connectivity index (χ0) is 41.0. The summed E-state index contributed by atoms with van der Waals surface area (Å²) in [6.45, 7) is 0. The van der Waals surface area contributed by atoms with Crippen LogP contribution in [0.2, 0.25) is 0 Å². The Labute approximate surface area is 337 Å². The molecule has 266 valence electrons. The molecule has 0 atom stereocenters. The van der Waals surface area contributed by atoms with Gasteiger partial charge in [0.2, 0.25) is 0 Å². The Morgan fingerprint density at radius 1 is 0.421 bits per heavy atom. The van der Waals surface area contributed by atoms with Gasteiger partial charge >= 0.3 is 0 Å². The summed E-state index contributed by atoms with van der Waals surface area (Å²) < 4.78 is 37.6. The van der Waals surface area contributed by atoms with Crippen LogP contribution in [-0.2, 0) is 5.41 Å². The van der Waals surface area contributed by atoms with Crippen molar-refractivity contribution < 1.29 is 5.48 Å². The van der Waals surface area contributed by atoms with Gasteiger partial charge in [-0.1, -0.05) is 176 Å². The van der Waals surface area contributed by atoms with E-state index in [0.717, 1.165) is 72.6 Å². The van der Waals surface area contributed by atoms with Crippen molar-refractivity contribution in [2.75, 3.05) is 4.90 Å². The summed E-state index contributed by atoms with van der Waals surface area (Å²) >= 11 is 0. The Hall–Kier alpha value is -7.43. The summed E-state index contributed by atoms with van der Waals surface area (Å²) in [5.41, 5.74) is 12.9. The van der Waals surface area contributed by atoms with Crippen molar-refractivity contribution in [2.45, 2.75) is 11.3 Å². The fourth-order valence-electron chi connectivity index (χ4n) is 9.60. The van der Waals surface area contributed by atoms with Crippen LogP contribution >= 0.6 is 0 Å². The Kier molecular flexibility index (Phi) is 6.05. The van der Waals surface area contributed by atoms with Crippen molar-refractivity contribution in [3.8, 4) is 45.3 Å². The van der Waals surface area contributed by atoms with Gasteiger partial charge in [-0.05, 0) is 74.3 Å². The van der Waals surface area contributed by atoms with Crippen LogP contribution in [-0.4, -0.2) is 15.0 Å². The molecule has 0 saturated heterocycles. The highest BCUT2D eigenvalue weighted by Crippen LogP contribution is 2.67. The number of benzene rings is 8. The van der Waals surface area contributed by atoms with Crippen LogP contribution in [0.15, 0.2) is 200 Å². The summed E-state index contributed by atoms with van der Waals surface area (Å²) in [4.78, 5) is 17.2. The third-order valence-corrected chi connectivity index (χ3v) is 11.9.